The van der Waals surface area contributed by atoms with E-state index in [2.05, 4.69) is 33.0 Å². The number of nitrogens with one attached hydrogen (secondary N) is 1. The number of rotatable bonds is 7. The first-order valence-electron chi connectivity index (χ1n) is 9.14. The monoisotopic (exact) mass is 295 g/mol. The summed E-state index contributed by atoms with van der Waals surface area (Å²) in [6.07, 6.45) is 8.30. The molecule has 2 fully saturated rings. The van der Waals surface area contributed by atoms with Crippen molar-refractivity contribution in [2.24, 2.45) is 29.1 Å². The van der Waals surface area contributed by atoms with E-state index in [1.807, 2.05) is 7.11 Å². The second-order valence-corrected chi connectivity index (χ2v) is 8.74. The van der Waals surface area contributed by atoms with Crippen LogP contribution in [0.2, 0.25) is 0 Å². The number of hydrogen-bond acceptors (Lipinski definition) is 2. The Morgan fingerprint density at radius 1 is 1.14 bits per heavy atom. The predicted octanol–water partition coefficient (Wildman–Crippen LogP) is 4.49. The number of hydrogen-bond donors (Lipinski definition) is 1. The Balaban J connectivity index is 1.94. The van der Waals surface area contributed by atoms with E-state index in [9.17, 15) is 0 Å². The van der Waals surface area contributed by atoms with Crippen LogP contribution in [0.15, 0.2) is 0 Å². The van der Waals surface area contributed by atoms with Gasteiger partial charge < -0.3 is 10.1 Å². The van der Waals surface area contributed by atoms with E-state index in [0.29, 0.717) is 5.41 Å². The van der Waals surface area contributed by atoms with Gasteiger partial charge >= 0.3 is 0 Å². The van der Waals surface area contributed by atoms with E-state index in [1.165, 1.54) is 45.1 Å². The van der Waals surface area contributed by atoms with Gasteiger partial charge in [0.25, 0.3) is 0 Å². The molecule has 2 nitrogen and oxygen atoms in total. The fraction of sp³-hybridized carbons (Fsp3) is 1.00. The summed E-state index contributed by atoms with van der Waals surface area (Å²) in [4.78, 5) is 0. The van der Waals surface area contributed by atoms with Gasteiger partial charge in [0.2, 0.25) is 0 Å². The van der Waals surface area contributed by atoms with Crippen molar-refractivity contribution in [3.8, 4) is 0 Å². The lowest BCUT2D eigenvalue weighted by Gasteiger charge is -2.44. The molecule has 0 bridgehead atoms. The number of methoxy groups -OCH3 is 1. The maximum atomic E-state index is 5.33. The second-order valence-electron chi connectivity index (χ2n) is 8.74. The van der Waals surface area contributed by atoms with E-state index in [0.717, 1.165) is 36.3 Å². The van der Waals surface area contributed by atoms with Gasteiger partial charge in [-0.3, -0.25) is 0 Å². The van der Waals surface area contributed by atoms with Crippen LogP contribution in [0.1, 0.15) is 66.2 Å². The molecule has 0 aromatic heterocycles. The molecule has 2 aliphatic carbocycles. The molecule has 0 amide bonds. The van der Waals surface area contributed by atoms with Gasteiger partial charge in [-0.2, -0.15) is 0 Å². The van der Waals surface area contributed by atoms with Crippen LogP contribution in [0.25, 0.3) is 0 Å². The highest BCUT2D eigenvalue weighted by molar-refractivity contribution is 4.90. The summed E-state index contributed by atoms with van der Waals surface area (Å²) < 4.78 is 5.33. The van der Waals surface area contributed by atoms with Crippen LogP contribution < -0.4 is 5.32 Å². The predicted molar refractivity (Wildman–Crippen MR) is 90.5 cm³/mol. The normalized spacial score (nSPS) is 32.1. The van der Waals surface area contributed by atoms with Crippen LogP contribution in [0.4, 0.5) is 0 Å². The Hall–Kier alpha value is -0.0800. The zero-order valence-electron chi connectivity index (χ0n) is 15.0. The topological polar surface area (TPSA) is 21.3 Å². The average Bonchev–Trinajstić information content (AvgIpc) is 3.25. The van der Waals surface area contributed by atoms with Crippen LogP contribution >= 0.6 is 0 Å². The summed E-state index contributed by atoms with van der Waals surface area (Å²) in [5, 5.41) is 3.79. The quantitative estimate of drug-likeness (QED) is 0.747. The molecule has 2 saturated carbocycles. The molecule has 2 aliphatic rings. The second kappa shape index (κ2) is 7.46. The van der Waals surface area contributed by atoms with E-state index < -0.39 is 0 Å². The summed E-state index contributed by atoms with van der Waals surface area (Å²) in [6, 6.07) is 0.847. The van der Waals surface area contributed by atoms with E-state index in [1.54, 1.807) is 0 Å². The summed E-state index contributed by atoms with van der Waals surface area (Å²) in [6.45, 7) is 11.9. The van der Waals surface area contributed by atoms with E-state index >= 15 is 0 Å². The van der Waals surface area contributed by atoms with Crippen molar-refractivity contribution in [3.63, 3.8) is 0 Å². The first kappa shape index (κ1) is 17.3. The minimum absolute atomic E-state index is 0.466. The van der Waals surface area contributed by atoms with E-state index in [-0.39, 0.29) is 0 Å². The Morgan fingerprint density at radius 3 is 2.43 bits per heavy atom. The van der Waals surface area contributed by atoms with Gasteiger partial charge in [-0.1, -0.05) is 27.7 Å². The van der Waals surface area contributed by atoms with Gasteiger partial charge in [0.1, 0.15) is 0 Å². The Bertz CT molecular complexity index is 305. The molecule has 0 aliphatic heterocycles. The van der Waals surface area contributed by atoms with Gasteiger partial charge in [0.05, 0.1) is 0 Å². The maximum Gasteiger partial charge on any atom is 0.0464 e. The molecule has 0 aromatic carbocycles. The zero-order chi connectivity index (χ0) is 15.5. The average molecular weight is 296 g/mol. The fourth-order valence-electron chi connectivity index (χ4n) is 4.13. The van der Waals surface area contributed by atoms with Crippen LogP contribution in [0, 0.1) is 29.1 Å². The third-order valence-corrected chi connectivity index (χ3v) is 6.03. The van der Waals surface area contributed by atoms with Crippen molar-refractivity contribution < 1.29 is 4.74 Å². The summed E-state index contributed by atoms with van der Waals surface area (Å²) in [7, 11) is 1.83. The smallest absolute Gasteiger partial charge is 0.0464 e. The summed E-state index contributed by atoms with van der Waals surface area (Å²) >= 11 is 0. The van der Waals surface area contributed by atoms with Gasteiger partial charge in [-0.15, -0.1) is 0 Å². The van der Waals surface area contributed by atoms with Gasteiger partial charge in [0.15, 0.2) is 0 Å². The van der Waals surface area contributed by atoms with Gasteiger partial charge in [-0.25, -0.2) is 0 Å². The van der Waals surface area contributed by atoms with Gasteiger partial charge in [-0.05, 0) is 74.2 Å². The molecule has 0 aromatic rings. The molecule has 1 N–H and O–H groups in total. The lowest BCUT2D eigenvalue weighted by atomic mass is 9.62. The largest absolute Gasteiger partial charge is 0.385 e. The third kappa shape index (κ3) is 5.25. The SMILES string of the molecule is COCCC(C)C1CC(C(C)(C)C)CCC1CNC1CC1. The molecule has 124 valence electrons. The standard InChI is InChI=1S/C19H37NO/c1-14(10-11-21-5)18-12-16(19(2,3)4)7-6-15(18)13-20-17-8-9-17/h14-18,20H,6-13H2,1-5H3. The van der Waals surface area contributed by atoms with Crippen LogP contribution in [0.3, 0.4) is 0 Å². The van der Waals surface area contributed by atoms with E-state index in [4.69, 9.17) is 4.74 Å². The van der Waals surface area contributed by atoms with Crippen molar-refractivity contribution in [1.82, 2.24) is 5.32 Å². The lowest BCUT2D eigenvalue weighted by Crippen LogP contribution is -2.39. The highest BCUT2D eigenvalue weighted by Gasteiger charge is 2.38. The molecule has 21 heavy (non-hydrogen) atoms. The summed E-state index contributed by atoms with van der Waals surface area (Å²) in [5.74, 6) is 3.45. The van der Waals surface area contributed by atoms with Crippen molar-refractivity contribution in [2.75, 3.05) is 20.3 Å². The minimum Gasteiger partial charge on any atom is -0.385 e. The molecule has 0 spiro atoms. The highest BCUT2D eigenvalue weighted by atomic mass is 16.5. The first-order valence-corrected chi connectivity index (χ1v) is 9.14. The highest BCUT2D eigenvalue weighted by Crippen LogP contribution is 2.45. The first-order chi connectivity index (χ1) is 9.91. The Kier molecular flexibility index (Phi) is 6.14. The van der Waals surface area contributed by atoms with Crippen molar-refractivity contribution >= 4 is 0 Å². The fourth-order valence-corrected chi connectivity index (χ4v) is 4.13. The molecule has 0 saturated heterocycles. The van der Waals surface area contributed by atoms with Gasteiger partial charge in [0, 0.05) is 19.8 Å². The van der Waals surface area contributed by atoms with Crippen molar-refractivity contribution in [2.45, 2.75) is 72.3 Å². The molecule has 4 unspecified atom stereocenters. The molecular formula is C19H37NO. The molecule has 0 heterocycles. The lowest BCUT2D eigenvalue weighted by molar-refractivity contribution is 0.0558. The third-order valence-electron chi connectivity index (χ3n) is 6.03. The van der Waals surface area contributed by atoms with Crippen LogP contribution in [-0.2, 0) is 4.74 Å². The van der Waals surface area contributed by atoms with Crippen molar-refractivity contribution in [3.05, 3.63) is 0 Å². The maximum absolute atomic E-state index is 5.33. The zero-order valence-corrected chi connectivity index (χ0v) is 15.0. The Morgan fingerprint density at radius 2 is 1.86 bits per heavy atom. The van der Waals surface area contributed by atoms with Crippen LogP contribution in [0.5, 0.6) is 0 Å². The molecule has 2 rings (SSSR count). The molecule has 0 radical (unpaired) electrons. The Labute approximate surface area is 132 Å². The summed E-state index contributed by atoms with van der Waals surface area (Å²) in [5.41, 5.74) is 0.466. The molecular weight excluding hydrogens is 258 g/mol. The number of ether oxygens (including phenoxy) is 1. The minimum atomic E-state index is 0.466. The van der Waals surface area contributed by atoms with Crippen LogP contribution in [-0.4, -0.2) is 26.3 Å². The van der Waals surface area contributed by atoms with Crippen molar-refractivity contribution in [1.29, 1.82) is 0 Å². The molecule has 2 heteroatoms. The molecule has 4 atom stereocenters.